The zero-order valence-corrected chi connectivity index (χ0v) is 10.9. The molecule has 1 rings (SSSR count). The van der Waals surface area contributed by atoms with Gasteiger partial charge in [0.2, 0.25) is 5.91 Å². The SMILES string of the molecule is CCNC(C)CC(=O)Nc1ccccc1CC. The summed E-state index contributed by atoms with van der Waals surface area (Å²) >= 11 is 0. The van der Waals surface area contributed by atoms with Crippen LogP contribution in [0.4, 0.5) is 5.69 Å². The zero-order valence-electron chi connectivity index (χ0n) is 10.9. The summed E-state index contributed by atoms with van der Waals surface area (Å²) < 4.78 is 0. The second-order valence-corrected chi connectivity index (χ2v) is 4.22. The number of carbonyl (C=O) groups is 1. The average molecular weight is 234 g/mol. The number of benzene rings is 1. The normalized spacial score (nSPS) is 12.2. The van der Waals surface area contributed by atoms with Crippen molar-refractivity contribution in [1.29, 1.82) is 0 Å². The van der Waals surface area contributed by atoms with E-state index in [-0.39, 0.29) is 11.9 Å². The van der Waals surface area contributed by atoms with E-state index < -0.39 is 0 Å². The highest BCUT2D eigenvalue weighted by Crippen LogP contribution is 2.15. The number of hydrogen-bond acceptors (Lipinski definition) is 2. The van der Waals surface area contributed by atoms with Gasteiger partial charge in [-0.05, 0) is 31.5 Å². The molecule has 0 saturated carbocycles. The lowest BCUT2D eigenvalue weighted by atomic mass is 10.1. The first-order valence-electron chi connectivity index (χ1n) is 6.28. The van der Waals surface area contributed by atoms with Gasteiger partial charge >= 0.3 is 0 Å². The fourth-order valence-corrected chi connectivity index (χ4v) is 1.85. The van der Waals surface area contributed by atoms with Crippen molar-refractivity contribution in [3.8, 4) is 0 Å². The first-order chi connectivity index (χ1) is 8.17. The number of aryl methyl sites for hydroxylation is 1. The van der Waals surface area contributed by atoms with Crippen molar-refractivity contribution in [2.45, 2.75) is 39.7 Å². The molecule has 0 aliphatic rings. The van der Waals surface area contributed by atoms with Crippen LogP contribution < -0.4 is 10.6 Å². The van der Waals surface area contributed by atoms with Crippen LogP contribution in [-0.4, -0.2) is 18.5 Å². The second-order valence-electron chi connectivity index (χ2n) is 4.22. The summed E-state index contributed by atoms with van der Waals surface area (Å²) in [4.78, 5) is 11.8. The van der Waals surface area contributed by atoms with Crippen molar-refractivity contribution in [3.63, 3.8) is 0 Å². The molecular formula is C14H22N2O. The van der Waals surface area contributed by atoms with Crippen LogP contribution in [0.15, 0.2) is 24.3 Å². The molecule has 1 atom stereocenters. The predicted molar refractivity (Wildman–Crippen MR) is 72.2 cm³/mol. The van der Waals surface area contributed by atoms with E-state index in [1.165, 1.54) is 5.56 Å². The molecule has 3 nitrogen and oxygen atoms in total. The van der Waals surface area contributed by atoms with Crippen molar-refractivity contribution < 1.29 is 4.79 Å². The third kappa shape index (κ3) is 4.57. The van der Waals surface area contributed by atoms with Gasteiger partial charge < -0.3 is 10.6 Å². The van der Waals surface area contributed by atoms with Gasteiger partial charge in [-0.25, -0.2) is 0 Å². The van der Waals surface area contributed by atoms with Gasteiger partial charge in [-0.2, -0.15) is 0 Å². The molecule has 0 aliphatic carbocycles. The number of rotatable bonds is 6. The molecule has 0 bridgehead atoms. The minimum atomic E-state index is 0.0688. The van der Waals surface area contributed by atoms with E-state index in [9.17, 15) is 4.79 Å². The monoisotopic (exact) mass is 234 g/mol. The van der Waals surface area contributed by atoms with Gasteiger partial charge in [0.1, 0.15) is 0 Å². The maximum atomic E-state index is 11.8. The van der Waals surface area contributed by atoms with Crippen molar-refractivity contribution in [2.75, 3.05) is 11.9 Å². The fourth-order valence-electron chi connectivity index (χ4n) is 1.85. The molecule has 1 aromatic rings. The Morgan fingerprint density at radius 2 is 2.00 bits per heavy atom. The fraction of sp³-hybridized carbons (Fsp3) is 0.500. The van der Waals surface area contributed by atoms with E-state index in [4.69, 9.17) is 0 Å². The number of para-hydroxylation sites is 1. The Hall–Kier alpha value is -1.35. The molecule has 1 amide bonds. The van der Waals surface area contributed by atoms with Gasteiger partial charge in [0.05, 0.1) is 0 Å². The lowest BCUT2D eigenvalue weighted by molar-refractivity contribution is -0.116. The maximum absolute atomic E-state index is 11.8. The summed E-state index contributed by atoms with van der Waals surface area (Å²) in [6.07, 6.45) is 1.44. The minimum absolute atomic E-state index is 0.0688. The van der Waals surface area contributed by atoms with Gasteiger partial charge in [-0.1, -0.05) is 32.0 Å². The van der Waals surface area contributed by atoms with Gasteiger partial charge in [-0.3, -0.25) is 4.79 Å². The van der Waals surface area contributed by atoms with E-state index >= 15 is 0 Å². The predicted octanol–water partition coefficient (Wildman–Crippen LogP) is 2.58. The highest BCUT2D eigenvalue weighted by atomic mass is 16.1. The highest BCUT2D eigenvalue weighted by molar-refractivity contribution is 5.91. The standard InChI is InChI=1S/C14H22N2O/c1-4-12-8-6-7-9-13(12)16-14(17)10-11(3)15-5-2/h6-9,11,15H,4-5,10H2,1-3H3,(H,16,17). The second kappa shape index (κ2) is 7.07. The Balaban J connectivity index is 2.55. The van der Waals surface area contributed by atoms with Crippen molar-refractivity contribution >= 4 is 11.6 Å². The number of nitrogens with one attached hydrogen (secondary N) is 2. The summed E-state index contributed by atoms with van der Waals surface area (Å²) in [7, 11) is 0. The molecule has 0 heterocycles. The summed E-state index contributed by atoms with van der Waals surface area (Å²) in [5.41, 5.74) is 2.11. The van der Waals surface area contributed by atoms with Crippen LogP contribution in [0, 0.1) is 0 Å². The molecule has 3 heteroatoms. The smallest absolute Gasteiger partial charge is 0.225 e. The Bertz CT molecular complexity index is 363. The largest absolute Gasteiger partial charge is 0.326 e. The molecule has 1 aromatic carbocycles. The Labute approximate surface area is 104 Å². The molecule has 0 aliphatic heterocycles. The molecule has 1 unspecified atom stereocenters. The summed E-state index contributed by atoms with van der Waals surface area (Å²) in [5.74, 6) is 0.0688. The molecule has 94 valence electrons. The van der Waals surface area contributed by atoms with Crippen LogP contribution in [0.2, 0.25) is 0 Å². The summed E-state index contributed by atoms with van der Waals surface area (Å²) in [5, 5.41) is 6.20. The van der Waals surface area contributed by atoms with Crippen molar-refractivity contribution in [2.24, 2.45) is 0 Å². The minimum Gasteiger partial charge on any atom is -0.326 e. The van der Waals surface area contributed by atoms with Gasteiger partial charge in [0.15, 0.2) is 0 Å². The molecule has 0 fully saturated rings. The van der Waals surface area contributed by atoms with Gasteiger partial charge in [-0.15, -0.1) is 0 Å². The van der Waals surface area contributed by atoms with Crippen LogP contribution in [0.5, 0.6) is 0 Å². The van der Waals surface area contributed by atoms with Crippen molar-refractivity contribution in [3.05, 3.63) is 29.8 Å². The molecule has 17 heavy (non-hydrogen) atoms. The van der Waals surface area contributed by atoms with E-state index in [0.717, 1.165) is 18.7 Å². The van der Waals surface area contributed by atoms with Crippen LogP contribution in [0.3, 0.4) is 0 Å². The maximum Gasteiger partial charge on any atom is 0.225 e. The Morgan fingerprint density at radius 3 is 2.65 bits per heavy atom. The lowest BCUT2D eigenvalue weighted by Gasteiger charge is -2.13. The van der Waals surface area contributed by atoms with Gasteiger partial charge in [0, 0.05) is 18.2 Å². The van der Waals surface area contributed by atoms with E-state index in [0.29, 0.717) is 6.42 Å². The Kier molecular flexibility index (Phi) is 5.70. The van der Waals surface area contributed by atoms with Crippen molar-refractivity contribution in [1.82, 2.24) is 5.32 Å². The first-order valence-corrected chi connectivity index (χ1v) is 6.28. The average Bonchev–Trinajstić information content (AvgIpc) is 2.29. The topological polar surface area (TPSA) is 41.1 Å². The molecular weight excluding hydrogens is 212 g/mol. The van der Waals surface area contributed by atoms with Gasteiger partial charge in [0.25, 0.3) is 0 Å². The third-order valence-electron chi connectivity index (χ3n) is 2.72. The molecule has 0 radical (unpaired) electrons. The number of hydrogen-bond donors (Lipinski definition) is 2. The lowest BCUT2D eigenvalue weighted by Crippen LogP contribution is -2.30. The van der Waals surface area contributed by atoms with Crippen LogP contribution >= 0.6 is 0 Å². The molecule has 0 saturated heterocycles. The quantitative estimate of drug-likeness (QED) is 0.794. The van der Waals surface area contributed by atoms with Crippen LogP contribution in [0.25, 0.3) is 0 Å². The number of carbonyl (C=O) groups excluding carboxylic acids is 1. The highest BCUT2D eigenvalue weighted by Gasteiger charge is 2.09. The van der Waals surface area contributed by atoms with E-state index in [1.807, 2.05) is 38.1 Å². The van der Waals surface area contributed by atoms with Crippen LogP contribution in [-0.2, 0) is 11.2 Å². The van der Waals surface area contributed by atoms with Crippen LogP contribution in [0.1, 0.15) is 32.8 Å². The third-order valence-corrected chi connectivity index (χ3v) is 2.72. The zero-order chi connectivity index (χ0) is 12.7. The Morgan fingerprint density at radius 1 is 1.29 bits per heavy atom. The summed E-state index contributed by atoms with van der Waals surface area (Å²) in [6, 6.07) is 8.16. The van der Waals surface area contributed by atoms with E-state index in [2.05, 4.69) is 17.6 Å². The van der Waals surface area contributed by atoms with E-state index in [1.54, 1.807) is 0 Å². The molecule has 2 N–H and O–H groups in total. The molecule has 0 aromatic heterocycles. The number of amides is 1. The summed E-state index contributed by atoms with van der Waals surface area (Å²) in [6.45, 7) is 7.04. The number of anilines is 1. The molecule has 0 spiro atoms. The first kappa shape index (κ1) is 13.7.